The molecule has 0 radical (unpaired) electrons. The number of nitrogens with zero attached hydrogens (tertiary/aromatic N) is 4. The minimum atomic E-state index is -4.39. The highest BCUT2D eigenvalue weighted by atomic mass is 19.4. The second kappa shape index (κ2) is 9.37. The molecule has 0 unspecified atom stereocenters. The summed E-state index contributed by atoms with van der Waals surface area (Å²) in [6.07, 6.45) is -2.57. The molecule has 10 heteroatoms. The van der Waals surface area contributed by atoms with E-state index in [1.54, 1.807) is 23.1 Å². The predicted molar refractivity (Wildman–Crippen MR) is 139 cm³/mol. The van der Waals surface area contributed by atoms with Gasteiger partial charge in [-0.1, -0.05) is 36.4 Å². The van der Waals surface area contributed by atoms with Crippen molar-refractivity contribution in [2.24, 2.45) is 0 Å². The van der Waals surface area contributed by atoms with Gasteiger partial charge in [-0.2, -0.15) is 18.3 Å². The molecule has 0 saturated carbocycles. The third-order valence-electron chi connectivity index (χ3n) is 6.79. The van der Waals surface area contributed by atoms with E-state index in [0.717, 1.165) is 34.3 Å². The van der Waals surface area contributed by atoms with E-state index < -0.39 is 11.7 Å². The van der Waals surface area contributed by atoms with Gasteiger partial charge in [-0.3, -0.25) is 9.89 Å². The van der Waals surface area contributed by atoms with Gasteiger partial charge in [0.1, 0.15) is 5.69 Å². The van der Waals surface area contributed by atoms with Gasteiger partial charge in [-0.05, 0) is 36.4 Å². The first kappa shape index (κ1) is 23.8. The molecule has 0 bridgehead atoms. The molecule has 1 aliphatic heterocycles. The van der Waals surface area contributed by atoms with Crippen LogP contribution in [0.4, 0.5) is 18.9 Å². The molecule has 1 amide bonds. The molecule has 192 valence electrons. The summed E-state index contributed by atoms with van der Waals surface area (Å²) in [6, 6.07) is 20.5. The monoisotopic (exact) mass is 516 g/mol. The molecule has 2 N–H and O–H groups in total. The van der Waals surface area contributed by atoms with E-state index in [2.05, 4.69) is 20.2 Å². The number of alkyl halides is 3. The SMILES string of the molecule is O=C(c1ccc2[nH]nc(-c3nc(-c4ccccc4)c[nH]3)c2c1)N1CCN(c2cccc(C(F)(F)F)c2)CC1. The molecular weight excluding hydrogens is 493 g/mol. The first-order chi connectivity index (χ1) is 18.4. The summed E-state index contributed by atoms with van der Waals surface area (Å²) in [5.74, 6) is 0.460. The van der Waals surface area contributed by atoms with Crippen LogP contribution in [0, 0.1) is 0 Å². The van der Waals surface area contributed by atoms with Gasteiger partial charge in [0.25, 0.3) is 5.91 Å². The van der Waals surface area contributed by atoms with Crippen LogP contribution in [0.5, 0.6) is 0 Å². The molecular formula is C28H23F3N6O. The van der Waals surface area contributed by atoms with Gasteiger partial charge in [0.15, 0.2) is 5.82 Å². The Bertz CT molecular complexity index is 1600. The number of piperazine rings is 1. The minimum Gasteiger partial charge on any atom is -0.368 e. The second-order valence-electron chi connectivity index (χ2n) is 9.16. The number of anilines is 1. The molecule has 38 heavy (non-hydrogen) atoms. The van der Waals surface area contributed by atoms with Crippen molar-refractivity contribution in [1.82, 2.24) is 25.1 Å². The van der Waals surface area contributed by atoms with E-state index in [-0.39, 0.29) is 5.91 Å². The lowest BCUT2D eigenvalue weighted by Crippen LogP contribution is -2.48. The summed E-state index contributed by atoms with van der Waals surface area (Å²) in [4.78, 5) is 24.8. The Labute approximate surface area is 215 Å². The molecule has 0 aliphatic carbocycles. The summed E-state index contributed by atoms with van der Waals surface area (Å²) >= 11 is 0. The van der Waals surface area contributed by atoms with E-state index in [9.17, 15) is 18.0 Å². The van der Waals surface area contributed by atoms with Crippen molar-refractivity contribution < 1.29 is 18.0 Å². The number of carbonyl (C=O) groups is 1. The molecule has 5 aromatic rings. The summed E-state index contributed by atoms with van der Waals surface area (Å²) in [6.45, 7) is 1.70. The highest BCUT2D eigenvalue weighted by Gasteiger charge is 2.31. The number of hydrogen-bond donors (Lipinski definition) is 2. The first-order valence-electron chi connectivity index (χ1n) is 12.2. The summed E-state index contributed by atoms with van der Waals surface area (Å²) in [5, 5.41) is 8.19. The third kappa shape index (κ3) is 4.49. The number of hydrogen-bond acceptors (Lipinski definition) is 4. The van der Waals surface area contributed by atoms with Crippen LogP contribution in [0.15, 0.2) is 79.0 Å². The van der Waals surface area contributed by atoms with E-state index in [4.69, 9.17) is 0 Å². The maximum Gasteiger partial charge on any atom is 0.416 e. The van der Waals surface area contributed by atoms with Crippen LogP contribution in [-0.2, 0) is 6.18 Å². The average molecular weight is 517 g/mol. The van der Waals surface area contributed by atoms with Gasteiger partial charge in [0.2, 0.25) is 0 Å². The highest BCUT2D eigenvalue weighted by Crippen LogP contribution is 2.32. The summed E-state index contributed by atoms with van der Waals surface area (Å²) in [5.41, 5.74) is 3.52. The van der Waals surface area contributed by atoms with E-state index >= 15 is 0 Å². The van der Waals surface area contributed by atoms with Gasteiger partial charge >= 0.3 is 6.18 Å². The molecule has 0 spiro atoms. The molecule has 2 aromatic heterocycles. The van der Waals surface area contributed by atoms with Crippen LogP contribution in [-0.4, -0.2) is 57.2 Å². The number of H-pyrrole nitrogens is 2. The molecule has 3 heterocycles. The van der Waals surface area contributed by atoms with E-state index in [1.165, 1.54) is 6.07 Å². The van der Waals surface area contributed by atoms with Crippen LogP contribution in [0.2, 0.25) is 0 Å². The van der Waals surface area contributed by atoms with Gasteiger partial charge < -0.3 is 14.8 Å². The molecule has 0 atom stereocenters. The standard InChI is InChI=1S/C28H23F3N6O/c29-28(30,31)20-7-4-8-21(16-20)36-11-13-37(14-12-36)27(38)19-9-10-23-22(15-19)25(35-34-23)26-32-17-24(33-26)18-5-2-1-3-6-18/h1-10,15-17H,11-14H2,(H,32,33)(H,34,35). The number of rotatable bonds is 4. The summed E-state index contributed by atoms with van der Waals surface area (Å²) in [7, 11) is 0. The van der Waals surface area contributed by atoms with Gasteiger partial charge in [0.05, 0.1) is 16.8 Å². The maximum atomic E-state index is 13.3. The summed E-state index contributed by atoms with van der Waals surface area (Å²) < 4.78 is 39.3. The topological polar surface area (TPSA) is 80.9 Å². The smallest absolute Gasteiger partial charge is 0.368 e. The van der Waals surface area contributed by atoms with Crippen molar-refractivity contribution in [2.75, 3.05) is 31.1 Å². The maximum absolute atomic E-state index is 13.3. The minimum absolute atomic E-state index is 0.132. The molecule has 1 aliphatic rings. The molecule has 1 fully saturated rings. The number of aromatic nitrogens is 4. The van der Waals surface area contributed by atoms with Crippen molar-refractivity contribution in [3.05, 3.63) is 90.1 Å². The number of benzene rings is 3. The van der Waals surface area contributed by atoms with Crippen molar-refractivity contribution in [3.63, 3.8) is 0 Å². The van der Waals surface area contributed by atoms with Crippen LogP contribution in [0.25, 0.3) is 33.7 Å². The number of carbonyl (C=O) groups excluding carboxylic acids is 1. The Kier molecular flexibility index (Phi) is 5.86. The molecule has 1 saturated heterocycles. The molecule has 3 aromatic carbocycles. The van der Waals surface area contributed by atoms with Crippen molar-refractivity contribution >= 4 is 22.5 Å². The number of aromatic amines is 2. The van der Waals surface area contributed by atoms with Gasteiger partial charge in [0, 0.05) is 54.6 Å². The largest absolute Gasteiger partial charge is 0.416 e. The lowest BCUT2D eigenvalue weighted by atomic mass is 10.1. The Morgan fingerprint density at radius 1 is 0.895 bits per heavy atom. The van der Waals surface area contributed by atoms with E-state index in [1.807, 2.05) is 47.5 Å². The fourth-order valence-corrected chi connectivity index (χ4v) is 4.76. The highest BCUT2D eigenvalue weighted by molar-refractivity contribution is 6.01. The average Bonchev–Trinajstić information content (AvgIpc) is 3.60. The second-order valence-corrected chi connectivity index (χ2v) is 9.16. The Morgan fingerprint density at radius 3 is 2.45 bits per heavy atom. The lowest BCUT2D eigenvalue weighted by Gasteiger charge is -2.36. The van der Waals surface area contributed by atoms with Crippen molar-refractivity contribution in [1.29, 1.82) is 0 Å². The number of halogens is 3. The quantitative estimate of drug-likeness (QED) is 0.326. The van der Waals surface area contributed by atoms with Gasteiger partial charge in [-0.25, -0.2) is 4.98 Å². The molecule has 6 rings (SSSR count). The Morgan fingerprint density at radius 2 is 1.68 bits per heavy atom. The fourth-order valence-electron chi connectivity index (χ4n) is 4.76. The van der Waals surface area contributed by atoms with Crippen molar-refractivity contribution in [3.8, 4) is 22.8 Å². The zero-order valence-corrected chi connectivity index (χ0v) is 20.2. The van der Waals surface area contributed by atoms with E-state index in [0.29, 0.717) is 48.9 Å². The third-order valence-corrected chi connectivity index (χ3v) is 6.79. The van der Waals surface area contributed by atoms with Gasteiger partial charge in [-0.15, -0.1) is 0 Å². The number of amides is 1. The van der Waals surface area contributed by atoms with Crippen molar-refractivity contribution in [2.45, 2.75) is 6.18 Å². The normalized spacial score (nSPS) is 14.3. The predicted octanol–water partition coefficient (Wildman–Crippen LogP) is 5.60. The Balaban J connectivity index is 1.19. The zero-order chi connectivity index (χ0) is 26.3. The zero-order valence-electron chi connectivity index (χ0n) is 20.2. The Hall–Kier alpha value is -4.60. The lowest BCUT2D eigenvalue weighted by molar-refractivity contribution is -0.137. The number of imidazole rings is 1. The molecule has 7 nitrogen and oxygen atoms in total. The van der Waals surface area contributed by atoms with Crippen LogP contribution in [0.1, 0.15) is 15.9 Å². The van der Waals surface area contributed by atoms with Crippen LogP contribution < -0.4 is 4.90 Å². The first-order valence-corrected chi connectivity index (χ1v) is 12.2. The van der Waals surface area contributed by atoms with Crippen LogP contribution in [0.3, 0.4) is 0 Å². The number of fused-ring (bicyclic) bond motifs is 1. The number of nitrogens with one attached hydrogen (secondary N) is 2. The fraction of sp³-hybridized carbons (Fsp3) is 0.179. The van der Waals surface area contributed by atoms with Crippen LogP contribution >= 0.6 is 0 Å².